The lowest BCUT2D eigenvalue weighted by atomic mass is 10.2. The lowest BCUT2D eigenvalue weighted by molar-refractivity contribution is 0.267. The maximum atomic E-state index is 13.9. The Bertz CT molecular complexity index is 990. The van der Waals surface area contributed by atoms with E-state index in [-0.39, 0.29) is 17.1 Å². The number of ether oxygens (including phenoxy) is 1. The quantitative estimate of drug-likeness (QED) is 0.661. The maximum absolute atomic E-state index is 13.9. The summed E-state index contributed by atoms with van der Waals surface area (Å²) in [5, 5.41) is 0.478. The molecule has 136 valence electrons. The zero-order valence-electron chi connectivity index (χ0n) is 14.6. The SMILES string of the molecule is CCN(Cc1ccc(OC)c(F)c1)Cc1cc(=O)n2cc(Cl)ccc2n1. The molecular weight excluding hydrogens is 357 g/mol. The molecule has 0 N–H and O–H groups in total. The smallest absolute Gasteiger partial charge is 0.258 e. The zero-order chi connectivity index (χ0) is 18.7. The first-order valence-electron chi connectivity index (χ1n) is 8.22. The van der Waals surface area contributed by atoms with Gasteiger partial charge in [0.2, 0.25) is 0 Å². The third-order valence-electron chi connectivity index (χ3n) is 4.13. The average molecular weight is 376 g/mol. The third kappa shape index (κ3) is 4.03. The Morgan fingerprint density at radius 3 is 2.73 bits per heavy atom. The Kier molecular flexibility index (Phi) is 5.54. The van der Waals surface area contributed by atoms with Crippen molar-refractivity contribution < 1.29 is 9.13 Å². The number of hydrogen-bond acceptors (Lipinski definition) is 4. The Morgan fingerprint density at radius 2 is 2.04 bits per heavy atom. The number of nitrogens with zero attached hydrogens (tertiary/aromatic N) is 3. The van der Waals surface area contributed by atoms with Gasteiger partial charge in [-0.15, -0.1) is 0 Å². The van der Waals surface area contributed by atoms with Crippen LogP contribution >= 0.6 is 11.6 Å². The largest absolute Gasteiger partial charge is 0.494 e. The molecule has 2 heterocycles. The highest BCUT2D eigenvalue weighted by Crippen LogP contribution is 2.19. The first-order valence-corrected chi connectivity index (χ1v) is 8.60. The molecule has 3 aromatic rings. The molecule has 1 aromatic carbocycles. The highest BCUT2D eigenvalue weighted by molar-refractivity contribution is 6.30. The summed E-state index contributed by atoms with van der Waals surface area (Å²) in [5.41, 5.74) is 1.85. The van der Waals surface area contributed by atoms with E-state index in [1.54, 1.807) is 24.4 Å². The van der Waals surface area contributed by atoms with Crippen molar-refractivity contribution in [1.82, 2.24) is 14.3 Å². The van der Waals surface area contributed by atoms with Gasteiger partial charge < -0.3 is 4.74 Å². The van der Waals surface area contributed by atoms with E-state index in [9.17, 15) is 9.18 Å². The average Bonchev–Trinajstić information content (AvgIpc) is 2.62. The van der Waals surface area contributed by atoms with E-state index < -0.39 is 0 Å². The van der Waals surface area contributed by atoms with E-state index in [1.807, 2.05) is 13.0 Å². The third-order valence-corrected chi connectivity index (χ3v) is 4.36. The van der Waals surface area contributed by atoms with Crippen LogP contribution in [-0.2, 0) is 13.1 Å². The van der Waals surface area contributed by atoms with E-state index >= 15 is 0 Å². The van der Waals surface area contributed by atoms with Gasteiger partial charge in [-0.3, -0.25) is 14.1 Å². The van der Waals surface area contributed by atoms with Crippen molar-refractivity contribution in [3.05, 3.63) is 75.0 Å². The molecule has 0 radical (unpaired) electrons. The highest BCUT2D eigenvalue weighted by Gasteiger charge is 2.11. The molecule has 26 heavy (non-hydrogen) atoms. The normalized spacial score (nSPS) is 11.3. The van der Waals surface area contributed by atoms with Gasteiger partial charge in [0.15, 0.2) is 11.6 Å². The highest BCUT2D eigenvalue weighted by atomic mass is 35.5. The summed E-state index contributed by atoms with van der Waals surface area (Å²) in [5.74, 6) is -0.167. The van der Waals surface area contributed by atoms with Crippen LogP contribution in [0.5, 0.6) is 5.75 Å². The van der Waals surface area contributed by atoms with Crippen molar-refractivity contribution in [3.8, 4) is 5.75 Å². The molecule has 0 bridgehead atoms. The molecular formula is C19H19ClFN3O2. The van der Waals surface area contributed by atoms with Crippen molar-refractivity contribution >= 4 is 17.2 Å². The first-order chi connectivity index (χ1) is 12.5. The second-order valence-electron chi connectivity index (χ2n) is 5.93. The minimum absolute atomic E-state index is 0.181. The summed E-state index contributed by atoms with van der Waals surface area (Å²) in [6.45, 7) is 3.76. The van der Waals surface area contributed by atoms with Gasteiger partial charge in [-0.05, 0) is 36.4 Å². The number of fused-ring (bicyclic) bond motifs is 1. The monoisotopic (exact) mass is 375 g/mol. The van der Waals surface area contributed by atoms with E-state index in [1.165, 1.54) is 23.6 Å². The second kappa shape index (κ2) is 7.85. The number of halogens is 2. The minimum Gasteiger partial charge on any atom is -0.494 e. The van der Waals surface area contributed by atoms with Crippen molar-refractivity contribution in [2.75, 3.05) is 13.7 Å². The summed E-state index contributed by atoms with van der Waals surface area (Å²) in [6.07, 6.45) is 1.55. The first kappa shape index (κ1) is 18.4. The van der Waals surface area contributed by atoms with E-state index in [0.29, 0.717) is 29.5 Å². The van der Waals surface area contributed by atoms with Crippen LogP contribution in [-0.4, -0.2) is 27.9 Å². The van der Waals surface area contributed by atoms with Gasteiger partial charge >= 0.3 is 0 Å². The standard InChI is InChI=1S/C19H19ClFN3O2/c1-3-23(10-13-4-6-17(26-2)16(21)8-13)12-15-9-19(25)24-11-14(20)5-7-18(24)22-15/h4-9,11H,3,10,12H2,1-2H3. The van der Waals surface area contributed by atoms with Crippen molar-refractivity contribution in [3.63, 3.8) is 0 Å². The summed E-state index contributed by atoms with van der Waals surface area (Å²) < 4.78 is 20.2. The molecule has 0 spiro atoms. The number of methoxy groups -OCH3 is 1. The Balaban J connectivity index is 1.82. The van der Waals surface area contributed by atoms with E-state index in [0.717, 1.165) is 12.1 Å². The molecule has 0 amide bonds. The molecule has 7 heteroatoms. The number of rotatable bonds is 6. The topological polar surface area (TPSA) is 46.8 Å². The molecule has 3 rings (SSSR count). The van der Waals surface area contributed by atoms with E-state index in [4.69, 9.17) is 16.3 Å². The number of benzene rings is 1. The summed E-state index contributed by atoms with van der Waals surface area (Å²) >= 11 is 5.93. The van der Waals surface area contributed by atoms with Gasteiger partial charge in [-0.2, -0.15) is 0 Å². The molecule has 5 nitrogen and oxygen atoms in total. The molecule has 0 saturated carbocycles. The van der Waals surface area contributed by atoms with Crippen LogP contribution < -0.4 is 10.3 Å². The van der Waals surface area contributed by atoms with Crippen LogP contribution in [0.25, 0.3) is 5.65 Å². The van der Waals surface area contributed by atoms with Crippen LogP contribution in [0.3, 0.4) is 0 Å². The fourth-order valence-electron chi connectivity index (χ4n) is 2.78. The Hall–Kier alpha value is -2.44. The van der Waals surface area contributed by atoms with Crippen molar-refractivity contribution in [2.24, 2.45) is 0 Å². The molecule has 0 aliphatic heterocycles. The van der Waals surface area contributed by atoms with Crippen LogP contribution in [0.15, 0.2) is 47.4 Å². The molecule has 0 atom stereocenters. The van der Waals surface area contributed by atoms with Gasteiger partial charge in [-0.25, -0.2) is 9.37 Å². The van der Waals surface area contributed by atoms with Gasteiger partial charge in [0.05, 0.1) is 17.8 Å². The fourth-order valence-corrected chi connectivity index (χ4v) is 2.94. The number of aromatic nitrogens is 2. The molecule has 2 aromatic heterocycles. The van der Waals surface area contributed by atoms with Crippen LogP contribution in [0.1, 0.15) is 18.2 Å². The predicted molar refractivity (Wildman–Crippen MR) is 99.2 cm³/mol. The molecule has 0 aliphatic rings. The van der Waals surface area contributed by atoms with Gasteiger partial charge in [-0.1, -0.05) is 24.6 Å². The maximum Gasteiger partial charge on any atom is 0.258 e. The van der Waals surface area contributed by atoms with Gasteiger partial charge in [0, 0.05) is 25.4 Å². The summed E-state index contributed by atoms with van der Waals surface area (Å²) in [7, 11) is 1.44. The lowest BCUT2D eigenvalue weighted by Gasteiger charge is -2.20. The van der Waals surface area contributed by atoms with Crippen molar-refractivity contribution in [1.29, 1.82) is 0 Å². The van der Waals surface area contributed by atoms with Crippen LogP contribution in [0.4, 0.5) is 4.39 Å². The Labute approximate surface area is 155 Å². The zero-order valence-corrected chi connectivity index (χ0v) is 15.3. The lowest BCUT2D eigenvalue weighted by Crippen LogP contribution is -2.25. The van der Waals surface area contributed by atoms with Crippen molar-refractivity contribution in [2.45, 2.75) is 20.0 Å². The number of pyridine rings is 1. The molecule has 0 fully saturated rings. The molecule has 0 aliphatic carbocycles. The summed E-state index contributed by atoms with van der Waals surface area (Å²) in [4.78, 5) is 18.9. The van der Waals surface area contributed by atoms with Crippen LogP contribution in [0.2, 0.25) is 5.02 Å². The Morgan fingerprint density at radius 1 is 1.23 bits per heavy atom. The van der Waals surface area contributed by atoms with Crippen LogP contribution in [0, 0.1) is 5.82 Å². The predicted octanol–water partition coefficient (Wildman–Crippen LogP) is 3.52. The number of hydrogen-bond donors (Lipinski definition) is 0. The summed E-state index contributed by atoms with van der Waals surface area (Å²) in [6, 6.07) is 9.82. The molecule has 0 unspecified atom stereocenters. The van der Waals surface area contributed by atoms with Gasteiger partial charge in [0.1, 0.15) is 5.65 Å². The molecule has 0 saturated heterocycles. The van der Waals surface area contributed by atoms with Gasteiger partial charge in [0.25, 0.3) is 5.56 Å². The van der Waals surface area contributed by atoms with E-state index in [2.05, 4.69) is 9.88 Å². The fraction of sp³-hybridized carbons (Fsp3) is 0.263. The second-order valence-corrected chi connectivity index (χ2v) is 6.37. The minimum atomic E-state index is -0.389.